The molecule has 0 aliphatic rings. The van der Waals surface area contributed by atoms with Crippen LogP contribution in [-0.4, -0.2) is 12.2 Å². The molecule has 164 valence electrons. The van der Waals surface area contributed by atoms with Crippen molar-refractivity contribution in [1.29, 1.82) is 0 Å². The number of aromatic hydroxyl groups is 1. The molecule has 3 heteroatoms. The van der Waals surface area contributed by atoms with E-state index in [9.17, 15) is 9.50 Å². The van der Waals surface area contributed by atoms with Crippen LogP contribution in [0.5, 0.6) is 11.5 Å². The van der Waals surface area contributed by atoms with E-state index < -0.39 is 0 Å². The van der Waals surface area contributed by atoms with Gasteiger partial charge in [-0.2, -0.15) is 0 Å². The highest BCUT2D eigenvalue weighted by Gasteiger charge is 2.20. The SMILES string of the molecule is COc1c(CC(C)c2ccccc2F)cccc1C(C)Cc1cccc(C(C)C)c1O. The van der Waals surface area contributed by atoms with Crippen LogP contribution in [0.2, 0.25) is 0 Å². The Morgan fingerprint density at radius 2 is 1.29 bits per heavy atom. The second-order valence-electron chi connectivity index (χ2n) is 8.78. The molecule has 0 saturated carbocycles. The Hall–Kier alpha value is -2.81. The van der Waals surface area contributed by atoms with Crippen LogP contribution in [0.15, 0.2) is 60.7 Å². The zero-order valence-electron chi connectivity index (χ0n) is 19.2. The number of phenols is 1. The number of halogens is 1. The number of hydrogen-bond acceptors (Lipinski definition) is 2. The van der Waals surface area contributed by atoms with E-state index in [1.807, 2.05) is 43.3 Å². The second-order valence-corrected chi connectivity index (χ2v) is 8.78. The zero-order valence-corrected chi connectivity index (χ0v) is 19.2. The summed E-state index contributed by atoms with van der Waals surface area (Å²) >= 11 is 0. The zero-order chi connectivity index (χ0) is 22.5. The predicted molar refractivity (Wildman–Crippen MR) is 126 cm³/mol. The van der Waals surface area contributed by atoms with E-state index in [0.29, 0.717) is 12.2 Å². The maximum atomic E-state index is 14.2. The summed E-state index contributed by atoms with van der Waals surface area (Å²) in [4.78, 5) is 0. The second kappa shape index (κ2) is 10.00. The normalized spacial score (nSPS) is 13.3. The predicted octanol–water partition coefficient (Wildman–Crippen LogP) is 7.36. The summed E-state index contributed by atoms with van der Waals surface area (Å²) in [5.74, 6) is 1.55. The number of phenolic OH excluding ortho intramolecular Hbond substituents is 1. The quantitative estimate of drug-likeness (QED) is 0.413. The Morgan fingerprint density at radius 3 is 1.94 bits per heavy atom. The first-order chi connectivity index (χ1) is 14.8. The van der Waals surface area contributed by atoms with Crippen LogP contribution >= 0.6 is 0 Å². The minimum Gasteiger partial charge on any atom is -0.507 e. The Kier molecular flexibility index (Phi) is 7.37. The molecule has 0 spiro atoms. The van der Waals surface area contributed by atoms with Crippen LogP contribution < -0.4 is 4.74 Å². The minimum absolute atomic E-state index is 0.0347. The monoisotopic (exact) mass is 420 g/mol. The lowest BCUT2D eigenvalue weighted by Crippen LogP contribution is -2.07. The van der Waals surface area contributed by atoms with Gasteiger partial charge >= 0.3 is 0 Å². The van der Waals surface area contributed by atoms with Crippen molar-refractivity contribution < 1.29 is 14.2 Å². The smallest absolute Gasteiger partial charge is 0.126 e. The molecule has 0 fully saturated rings. The molecular formula is C28H33FO2. The summed E-state index contributed by atoms with van der Waals surface area (Å²) in [5, 5.41) is 10.7. The van der Waals surface area contributed by atoms with Gasteiger partial charge in [-0.15, -0.1) is 0 Å². The van der Waals surface area contributed by atoms with Gasteiger partial charge in [0.2, 0.25) is 0 Å². The average molecular weight is 421 g/mol. The van der Waals surface area contributed by atoms with Crippen molar-refractivity contribution in [2.24, 2.45) is 0 Å². The summed E-state index contributed by atoms with van der Waals surface area (Å²) < 4.78 is 20.1. The van der Waals surface area contributed by atoms with E-state index in [0.717, 1.165) is 40.0 Å². The Morgan fingerprint density at radius 1 is 0.742 bits per heavy atom. The van der Waals surface area contributed by atoms with Crippen LogP contribution in [-0.2, 0) is 12.8 Å². The fourth-order valence-corrected chi connectivity index (χ4v) is 4.40. The van der Waals surface area contributed by atoms with Gasteiger partial charge in [-0.3, -0.25) is 0 Å². The summed E-state index contributed by atoms with van der Waals surface area (Å²) in [6.07, 6.45) is 1.41. The average Bonchev–Trinajstić information content (AvgIpc) is 2.75. The van der Waals surface area contributed by atoms with E-state index in [1.54, 1.807) is 13.2 Å². The maximum Gasteiger partial charge on any atom is 0.126 e. The molecule has 2 unspecified atom stereocenters. The minimum atomic E-state index is -0.168. The Labute approximate surface area is 185 Å². The van der Waals surface area contributed by atoms with E-state index in [2.05, 4.69) is 32.9 Å². The van der Waals surface area contributed by atoms with Crippen molar-refractivity contribution in [3.63, 3.8) is 0 Å². The largest absolute Gasteiger partial charge is 0.507 e. The lowest BCUT2D eigenvalue weighted by molar-refractivity contribution is 0.399. The standard InChI is InChI=1S/C28H33FO2/c1-18(2)23-13-8-10-21(27(23)30)16-20(4)25-14-9-11-22(28(25)31-5)17-19(3)24-12-6-7-15-26(24)29/h6-15,18-20,30H,16-17H2,1-5H3. The molecule has 3 aromatic rings. The molecule has 0 saturated heterocycles. The fraction of sp³-hybridized carbons (Fsp3) is 0.357. The van der Waals surface area contributed by atoms with Crippen molar-refractivity contribution in [2.45, 2.75) is 58.3 Å². The number of methoxy groups -OCH3 is 1. The van der Waals surface area contributed by atoms with Gasteiger partial charge in [0, 0.05) is 0 Å². The van der Waals surface area contributed by atoms with Gasteiger partial charge in [-0.25, -0.2) is 4.39 Å². The third-order valence-electron chi connectivity index (χ3n) is 6.12. The van der Waals surface area contributed by atoms with Gasteiger partial charge in [0.15, 0.2) is 0 Å². The molecule has 31 heavy (non-hydrogen) atoms. The molecule has 0 heterocycles. The van der Waals surface area contributed by atoms with E-state index in [4.69, 9.17) is 4.74 Å². The molecule has 0 bridgehead atoms. The van der Waals surface area contributed by atoms with Crippen molar-refractivity contribution >= 4 is 0 Å². The van der Waals surface area contributed by atoms with Crippen molar-refractivity contribution in [3.8, 4) is 11.5 Å². The molecular weight excluding hydrogens is 387 g/mol. The van der Waals surface area contributed by atoms with Crippen LogP contribution in [0, 0.1) is 5.82 Å². The third-order valence-corrected chi connectivity index (χ3v) is 6.12. The number of para-hydroxylation sites is 2. The molecule has 3 aromatic carbocycles. The number of ether oxygens (including phenoxy) is 1. The molecule has 2 nitrogen and oxygen atoms in total. The molecule has 2 atom stereocenters. The molecule has 3 rings (SSSR count). The molecule has 0 aliphatic carbocycles. The number of hydrogen-bond donors (Lipinski definition) is 1. The Bertz CT molecular complexity index is 1030. The summed E-state index contributed by atoms with van der Waals surface area (Å²) in [6, 6.07) is 19.1. The van der Waals surface area contributed by atoms with Gasteiger partial charge in [0.1, 0.15) is 17.3 Å². The highest BCUT2D eigenvalue weighted by Crippen LogP contribution is 2.37. The van der Waals surface area contributed by atoms with Crippen LogP contribution in [0.25, 0.3) is 0 Å². The van der Waals surface area contributed by atoms with Gasteiger partial charge in [0.25, 0.3) is 0 Å². The van der Waals surface area contributed by atoms with Gasteiger partial charge in [-0.1, -0.05) is 82.3 Å². The molecule has 0 aliphatic heterocycles. The lowest BCUT2D eigenvalue weighted by atomic mass is 9.87. The first-order valence-corrected chi connectivity index (χ1v) is 11.0. The molecule has 0 aromatic heterocycles. The maximum absolute atomic E-state index is 14.2. The number of rotatable bonds is 8. The summed E-state index contributed by atoms with van der Waals surface area (Å²) in [7, 11) is 1.69. The van der Waals surface area contributed by atoms with Crippen molar-refractivity contribution in [3.05, 3.63) is 94.3 Å². The summed E-state index contributed by atoms with van der Waals surface area (Å²) in [5.41, 5.74) is 4.83. The van der Waals surface area contributed by atoms with E-state index in [-0.39, 0.29) is 23.6 Å². The van der Waals surface area contributed by atoms with Crippen molar-refractivity contribution in [1.82, 2.24) is 0 Å². The summed E-state index contributed by atoms with van der Waals surface area (Å²) in [6.45, 7) is 8.38. The van der Waals surface area contributed by atoms with Crippen LogP contribution in [0.4, 0.5) is 4.39 Å². The first kappa shape index (κ1) is 22.9. The highest BCUT2D eigenvalue weighted by molar-refractivity contribution is 5.47. The van der Waals surface area contributed by atoms with Gasteiger partial charge < -0.3 is 9.84 Å². The molecule has 1 N–H and O–H groups in total. The lowest BCUT2D eigenvalue weighted by Gasteiger charge is -2.21. The fourth-order valence-electron chi connectivity index (χ4n) is 4.40. The number of benzene rings is 3. The van der Waals surface area contributed by atoms with E-state index >= 15 is 0 Å². The van der Waals surface area contributed by atoms with E-state index in [1.165, 1.54) is 6.07 Å². The third kappa shape index (κ3) is 5.10. The highest BCUT2D eigenvalue weighted by atomic mass is 19.1. The Balaban J connectivity index is 1.87. The molecule has 0 radical (unpaired) electrons. The van der Waals surface area contributed by atoms with Crippen LogP contribution in [0.1, 0.15) is 73.3 Å². The van der Waals surface area contributed by atoms with Gasteiger partial charge in [-0.05, 0) is 64.5 Å². The molecule has 0 amide bonds. The van der Waals surface area contributed by atoms with Crippen LogP contribution in [0.3, 0.4) is 0 Å². The topological polar surface area (TPSA) is 29.5 Å². The van der Waals surface area contributed by atoms with Crippen molar-refractivity contribution in [2.75, 3.05) is 7.11 Å². The first-order valence-electron chi connectivity index (χ1n) is 11.0. The van der Waals surface area contributed by atoms with Gasteiger partial charge in [0.05, 0.1) is 7.11 Å².